The Bertz CT molecular complexity index is 1620. The molecule has 0 amide bonds. The Balaban J connectivity index is 4.36. The van der Waals surface area contributed by atoms with Crippen molar-refractivity contribution < 1.29 is 28.6 Å². The highest BCUT2D eigenvalue weighted by Crippen LogP contribution is 2.17. The minimum absolute atomic E-state index is 0.0790. The zero-order valence-electron chi connectivity index (χ0n) is 53.3. The monoisotopic (exact) mass is 1120 g/mol. The smallest absolute Gasteiger partial charge is 0.306 e. The van der Waals surface area contributed by atoms with E-state index in [1.54, 1.807) is 0 Å². The van der Waals surface area contributed by atoms with Gasteiger partial charge in [0, 0.05) is 19.3 Å². The van der Waals surface area contributed by atoms with Crippen LogP contribution in [0.15, 0.2) is 109 Å². The first-order chi connectivity index (χ1) is 40.0. The molecule has 6 heteroatoms. The van der Waals surface area contributed by atoms with Gasteiger partial charge in [-0.2, -0.15) is 0 Å². The molecule has 0 bridgehead atoms. The first-order valence-corrected chi connectivity index (χ1v) is 34.4. The molecule has 0 aromatic rings. The van der Waals surface area contributed by atoms with Crippen molar-refractivity contribution in [3.8, 4) is 0 Å². The van der Waals surface area contributed by atoms with E-state index in [1.807, 2.05) is 0 Å². The van der Waals surface area contributed by atoms with E-state index in [4.69, 9.17) is 14.2 Å². The van der Waals surface area contributed by atoms with E-state index in [0.29, 0.717) is 19.3 Å². The molecule has 0 fully saturated rings. The van der Waals surface area contributed by atoms with E-state index in [2.05, 4.69) is 130 Å². The molecule has 0 heterocycles. The third-order valence-corrected chi connectivity index (χ3v) is 14.8. The van der Waals surface area contributed by atoms with Gasteiger partial charge < -0.3 is 14.2 Å². The molecule has 6 nitrogen and oxygen atoms in total. The van der Waals surface area contributed by atoms with E-state index < -0.39 is 6.10 Å². The van der Waals surface area contributed by atoms with Crippen molar-refractivity contribution in [3.05, 3.63) is 109 Å². The number of allylic oxidation sites excluding steroid dienone is 18. The summed E-state index contributed by atoms with van der Waals surface area (Å²) in [6.45, 7) is 6.45. The largest absolute Gasteiger partial charge is 0.462 e. The van der Waals surface area contributed by atoms with Gasteiger partial charge in [-0.15, -0.1) is 0 Å². The quantitative estimate of drug-likeness (QED) is 0.0261. The van der Waals surface area contributed by atoms with Gasteiger partial charge in [0.05, 0.1) is 0 Å². The number of esters is 3. The summed E-state index contributed by atoms with van der Waals surface area (Å²) in [5.41, 5.74) is 0. The van der Waals surface area contributed by atoms with Crippen LogP contribution in [0.25, 0.3) is 0 Å². The summed E-state index contributed by atoms with van der Waals surface area (Å²) in [5, 5.41) is 0. The van der Waals surface area contributed by atoms with Crippen LogP contribution in [0, 0.1) is 0 Å². The van der Waals surface area contributed by atoms with Gasteiger partial charge in [-0.05, 0) is 103 Å². The molecule has 0 aromatic carbocycles. The minimum atomic E-state index is -0.785. The molecular weight excluding hydrogens is 997 g/mol. The number of carbonyl (C=O) groups is 3. The third kappa shape index (κ3) is 66.8. The Morgan fingerprint density at radius 2 is 0.481 bits per heavy atom. The first-order valence-electron chi connectivity index (χ1n) is 34.4. The fourth-order valence-corrected chi connectivity index (χ4v) is 9.70. The molecule has 0 saturated heterocycles. The number of hydrogen-bond acceptors (Lipinski definition) is 6. The molecule has 0 aromatic heterocycles. The number of hydrogen-bond donors (Lipinski definition) is 0. The van der Waals surface area contributed by atoms with Gasteiger partial charge in [-0.25, -0.2) is 0 Å². The molecule has 1 unspecified atom stereocenters. The lowest BCUT2D eigenvalue weighted by molar-refractivity contribution is -0.167. The van der Waals surface area contributed by atoms with Crippen molar-refractivity contribution in [2.45, 2.75) is 335 Å². The first kappa shape index (κ1) is 77.1. The molecule has 0 saturated carbocycles. The molecule has 81 heavy (non-hydrogen) atoms. The molecule has 0 aliphatic rings. The lowest BCUT2D eigenvalue weighted by Gasteiger charge is -2.18. The van der Waals surface area contributed by atoms with Crippen molar-refractivity contribution in [1.29, 1.82) is 0 Å². The van der Waals surface area contributed by atoms with Crippen LogP contribution < -0.4 is 0 Å². The molecule has 0 rings (SSSR count). The molecule has 0 spiro atoms. The van der Waals surface area contributed by atoms with Gasteiger partial charge in [0.1, 0.15) is 13.2 Å². The van der Waals surface area contributed by atoms with Crippen LogP contribution in [-0.4, -0.2) is 37.2 Å². The second-order valence-corrected chi connectivity index (χ2v) is 22.7. The standard InChI is InChI=1S/C75H128O6/c1-4-7-10-13-16-19-22-25-28-30-32-34-36-37-39-40-42-44-47-50-53-56-59-62-65-68-74(77)80-71-72(70-79-73(76)67-64-61-58-55-52-49-46-27-24-21-18-15-12-9-6-3)81-75(78)69-66-63-60-57-54-51-48-45-43-41-38-35-33-31-29-26-23-20-17-14-11-8-5-2/h7-8,10-11,16-17,19-20,25-26,28-29,32-35,37,39,72H,4-6,9,12-15,18,21-24,27,30-31,36,38,40-71H2,1-3H3/b10-7-,11-8-,19-16-,20-17-,28-25-,29-26-,34-32-,35-33-,39-37-. The van der Waals surface area contributed by atoms with Crippen LogP contribution in [-0.2, 0) is 28.6 Å². The lowest BCUT2D eigenvalue weighted by atomic mass is 10.0. The predicted octanol–water partition coefficient (Wildman–Crippen LogP) is 23.8. The summed E-state index contributed by atoms with van der Waals surface area (Å²) in [5.74, 6) is -0.875. The van der Waals surface area contributed by atoms with Gasteiger partial charge in [0.15, 0.2) is 6.10 Å². The number of rotatable bonds is 62. The number of unbranched alkanes of at least 4 members (excludes halogenated alkanes) is 33. The van der Waals surface area contributed by atoms with Gasteiger partial charge in [-0.1, -0.05) is 316 Å². The summed E-state index contributed by atoms with van der Waals surface area (Å²) in [7, 11) is 0. The van der Waals surface area contributed by atoms with Crippen molar-refractivity contribution >= 4 is 17.9 Å². The van der Waals surface area contributed by atoms with Crippen LogP contribution >= 0.6 is 0 Å². The molecule has 0 N–H and O–H groups in total. The van der Waals surface area contributed by atoms with Gasteiger partial charge in [0.2, 0.25) is 0 Å². The summed E-state index contributed by atoms with van der Waals surface area (Å²) in [6, 6.07) is 0. The maximum atomic E-state index is 13.0. The number of ether oxygens (including phenoxy) is 3. The highest BCUT2D eigenvalue weighted by molar-refractivity contribution is 5.71. The second kappa shape index (κ2) is 68.6. The van der Waals surface area contributed by atoms with E-state index in [-0.39, 0.29) is 31.1 Å². The van der Waals surface area contributed by atoms with Crippen LogP contribution in [0.3, 0.4) is 0 Å². The third-order valence-electron chi connectivity index (χ3n) is 14.8. The van der Waals surface area contributed by atoms with E-state index in [1.165, 1.54) is 167 Å². The van der Waals surface area contributed by atoms with Gasteiger partial charge in [0.25, 0.3) is 0 Å². The molecule has 0 radical (unpaired) electrons. The van der Waals surface area contributed by atoms with Crippen molar-refractivity contribution in [2.75, 3.05) is 13.2 Å². The minimum Gasteiger partial charge on any atom is -0.462 e. The zero-order valence-corrected chi connectivity index (χ0v) is 53.3. The second-order valence-electron chi connectivity index (χ2n) is 22.7. The van der Waals surface area contributed by atoms with Crippen LogP contribution in [0.5, 0.6) is 0 Å². The highest BCUT2D eigenvalue weighted by Gasteiger charge is 2.19. The summed E-state index contributed by atoms with van der Waals surface area (Å²) >= 11 is 0. The average Bonchev–Trinajstić information content (AvgIpc) is 3.47. The molecular formula is C75H128O6. The Hall–Kier alpha value is -3.93. The molecule has 0 aliphatic heterocycles. The molecule has 0 aliphatic carbocycles. The Kier molecular flexibility index (Phi) is 65.2. The van der Waals surface area contributed by atoms with Gasteiger partial charge >= 0.3 is 17.9 Å². The van der Waals surface area contributed by atoms with Crippen LogP contribution in [0.1, 0.15) is 329 Å². The Labute approximate surface area is 501 Å². The fraction of sp³-hybridized carbons (Fsp3) is 0.720. The maximum absolute atomic E-state index is 13.0. The number of carbonyl (C=O) groups excluding carboxylic acids is 3. The van der Waals surface area contributed by atoms with Crippen LogP contribution in [0.4, 0.5) is 0 Å². The summed E-state index contributed by atoms with van der Waals surface area (Å²) in [4.78, 5) is 38.5. The zero-order chi connectivity index (χ0) is 58.5. The van der Waals surface area contributed by atoms with Crippen LogP contribution in [0.2, 0.25) is 0 Å². The van der Waals surface area contributed by atoms with Crippen molar-refractivity contribution in [2.24, 2.45) is 0 Å². The van der Waals surface area contributed by atoms with Crippen molar-refractivity contribution in [3.63, 3.8) is 0 Å². The normalized spacial score (nSPS) is 12.8. The Morgan fingerprint density at radius 3 is 0.753 bits per heavy atom. The summed E-state index contributed by atoms with van der Waals surface area (Å²) in [6.07, 6.45) is 93.8. The van der Waals surface area contributed by atoms with Crippen molar-refractivity contribution in [1.82, 2.24) is 0 Å². The Morgan fingerprint density at radius 1 is 0.259 bits per heavy atom. The molecule has 1 atom stereocenters. The van der Waals surface area contributed by atoms with E-state index in [9.17, 15) is 14.4 Å². The topological polar surface area (TPSA) is 78.9 Å². The fourth-order valence-electron chi connectivity index (χ4n) is 9.70. The average molecular weight is 1130 g/mol. The SMILES string of the molecule is CC/C=C\C/C=C\C/C=C\C/C=C\C/C=C\CCCCCCCCCCCC(=O)OCC(COC(=O)CCCCCCCCCCCCCCCCC)OC(=O)CCCCCCCCCCCC/C=C\C/C=C\C/C=C\C/C=C\CC. The highest BCUT2D eigenvalue weighted by atomic mass is 16.6. The molecule has 464 valence electrons. The van der Waals surface area contributed by atoms with Gasteiger partial charge in [-0.3, -0.25) is 14.4 Å². The van der Waals surface area contributed by atoms with E-state index >= 15 is 0 Å². The van der Waals surface area contributed by atoms with E-state index in [0.717, 1.165) is 122 Å². The lowest BCUT2D eigenvalue weighted by Crippen LogP contribution is -2.30. The predicted molar refractivity (Wildman–Crippen MR) is 353 cm³/mol. The summed E-state index contributed by atoms with van der Waals surface area (Å²) < 4.78 is 17.0. The maximum Gasteiger partial charge on any atom is 0.306 e.